The van der Waals surface area contributed by atoms with Gasteiger partial charge in [-0.05, 0) is 39.8 Å². The highest BCUT2D eigenvalue weighted by Crippen LogP contribution is 2.18. The van der Waals surface area contributed by atoms with E-state index < -0.39 is 11.8 Å². The molecule has 122 valence electrons. The molecule has 0 aliphatic carbocycles. The van der Waals surface area contributed by atoms with Crippen LogP contribution in [-0.4, -0.2) is 52.2 Å². The lowest BCUT2D eigenvalue weighted by Crippen LogP contribution is -2.43. The molecule has 0 unspecified atom stereocenters. The minimum atomic E-state index is -0.639. The zero-order chi connectivity index (χ0) is 16.3. The molecule has 0 aromatic carbocycles. The van der Waals surface area contributed by atoms with E-state index in [1.807, 2.05) is 6.92 Å². The Hall–Kier alpha value is -1.89. The van der Waals surface area contributed by atoms with Crippen molar-refractivity contribution in [2.45, 2.75) is 39.7 Å². The van der Waals surface area contributed by atoms with Gasteiger partial charge in [-0.25, -0.2) is 0 Å². The molecular weight excluding hydrogens is 282 g/mol. The van der Waals surface area contributed by atoms with Gasteiger partial charge in [0.05, 0.1) is 17.1 Å². The summed E-state index contributed by atoms with van der Waals surface area (Å²) in [6.07, 6.45) is 2.21. The standard InChI is InChI=1S/C15H25N5O2/c1-5-20-8-6-7-12(20)9-16-14(21)15(22)17-13-10(2)18-19(4)11(13)3/h12H,5-9H2,1-4H3,(H,16,21)(H,17,22)/t12-/m0/s1. The maximum absolute atomic E-state index is 12.0. The van der Waals surface area contributed by atoms with Gasteiger partial charge in [-0.2, -0.15) is 5.10 Å². The molecule has 1 aliphatic rings. The van der Waals surface area contributed by atoms with Crippen molar-refractivity contribution in [2.75, 3.05) is 25.0 Å². The number of amides is 2. The van der Waals surface area contributed by atoms with Crippen molar-refractivity contribution in [3.05, 3.63) is 11.4 Å². The lowest BCUT2D eigenvalue weighted by atomic mass is 10.2. The van der Waals surface area contributed by atoms with Gasteiger partial charge in [-0.3, -0.25) is 19.2 Å². The lowest BCUT2D eigenvalue weighted by molar-refractivity contribution is -0.136. The van der Waals surface area contributed by atoms with Gasteiger partial charge in [0.1, 0.15) is 0 Å². The first-order valence-electron chi connectivity index (χ1n) is 7.77. The molecule has 1 aliphatic heterocycles. The molecule has 2 N–H and O–H groups in total. The Bertz CT molecular complexity index is 567. The Morgan fingerprint density at radius 1 is 1.32 bits per heavy atom. The topological polar surface area (TPSA) is 79.3 Å². The summed E-state index contributed by atoms with van der Waals surface area (Å²) >= 11 is 0. The second kappa shape index (κ2) is 6.91. The van der Waals surface area contributed by atoms with Crippen LogP contribution in [0.1, 0.15) is 31.2 Å². The van der Waals surface area contributed by atoms with Gasteiger partial charge in [0.2, 0.25) is 0 Å². The van der Waals surface area contributed by atoms with Crippen molar-refractivity contribution >= 4 is 17.5 Å². The molecule has 7 nitrogen and oxygen atoms in total. The fourth-order valence-electron chi connectivity index (χ4n) is 2.96. The van der Waals surface area contributed by atoms with Gasteiger partial charge in [0, 0.05) is 19.6 Å². The normalized spacial score (nSPS) is 18.5. The Labute approximate surface area is 131 Å². The van der Waals surface area contributed by atoms with E-state index in [-0.39, 0.29) is 0 Å². The smallest absolute Gasteiger partial charge is 0.313 e. The fraction of sp³-hybridized carbons (Fsp3) is 0.667. The van der Waals surface area contributed by atoms with E-state index in [0.29, 0.717) is 24.0 Å². The van der Waals surface area contributed by atoms with Crippen LogP contribution >= 0.6 is 0 Å². The summed E-state index contributed by atoms with van der Waals surface area (Å²) in [5, 5.41) is 9.60. The number of carbonyl (C=O) groups is 2. The highest BCUT2D eigenvalue weighted by Gasteiger charge is 2.25. The molecule has 0 saturated carbocycles. The summed E-state index contributed by atoms with van der Waals surface area (Å²) in [7, 11) is 1.80. The first-order chi connectivity index (χ1) is 10.4. The number of likely N-dealkylation sites (N-methyl/N-ethyl adjacent to an activating group) is 1. The molecule has 22 heavy (non-hydrogen) atoms. The zero-order valence-corrected chi connectivity index (χ0v) is 13.8. The third-order valence-electron chi connectivity index (χ3n) is 4.36. The number of likely N-dealkylation sites (tertiary alicyclic amines) is 1. The van der Waals surface area contributed by atoms with Gasteiger partial charge in [-0.1, -0.05) is 6.92 Å². The first kappa shape index (κ1) is 16.5. The van der Waals surface area contributed by atoms with E-state index in [9.17, 15) is 9.59 Å². The molecule has 0 radical (unpaired) electrons. The molecular formula is C15H25N5O2. The van der Waals surface area contributed by atoms with Gasteiger partial charge < -0.3 is 10.6 Å². The number of hydrogen-bond acceptors (Lipinski definition) is 4. The quantitative estimate of drug-likeness (QED) is 0.797. The van der Waals surface area contributed by atoms with Gasteiger partial charge in [0.15, 0.2) is 0 Å². The molecule has 0 spiro atoms. The van der Waals surface area contributed by atoms with Crippen molar-refractivity contribution < 1.29 is 9.59 Å². The summed E-state index contributed by atoms with van der Waals surface area (Å²) in [6, 6.07) is 0.337. The van der Waals surface area contributed by atoms with E-state index in [1.165, 1.54) is 0 Å². The molecule has 1 aromatic heterocycles. The molecule has 2 amide bonds. The SMILES string of the molecule is CCN1CCC[C@H]1CNC(=O)C(=O)Nc1c(C)nn(C)c1C. The molecule has 2 rings (SSSR count). The van der Waals surface area contributed by atoms with Crippen LogP contribution in [0.15, 0.2) is 0 Å². The number of anilines is 1. The van der Waals surface area contributed by atoms with Gasteiger partial charge in [0.25, 0.3) is 0 Å². The largest absolute Gasteiger partial charge is 0.346 e. The highest BCUT2D eigenvalue weighted by atomic mass is 16.2. The Morgan fingerprint density at radius 2 is 2.05 bits per heavy atom. The van der Waals surface area contributed by atoms with Crippen LogP contribution in [0.5, 0.6) is 0 Å². The zero-order valence-electron chi connectivity index (χ0n) is 13.8. The van der Waals surface area contributed by atoms with Gasteiger partial charge in [-0.15, -0.1) is 0 Å². The Balaban J connectivity index is 1.88. The van der Waals surface area contributed by atoms with Crippen LogP contribution in [0.2, 0.25) is 0 Å². The number of aromatic nitrogens is 2. The molecule has 7 heteroatoms. The van der Waals surface area contributed by atoms with E-state index in [2.05, 4.69) is 27.6 Å². The Morgan fingerprint density at radius 3 is 2.64 bits per heavy atom. The van der Waals surface area contributed by atoms with Crippen molar-refractivity contribution in [3.8, 4) is 0 Å². The highest BCUT2D eigenvalue weighted by molar-refractivity contribution is 6.39. The van der Waals surface area contributed by atoms with E-state index in [0.717, 1.165) is 31.6 Å². The van der Waals surface area contributed by atoms with Crippen LogP contribution in [-0.2, 0) is 16.6 Å². The fourth-order valence-corrected chi connectivity index (χ4v) is 2.96. The average Bonchev–Trinajstić information content (AvgIpc) is 3.04. The minimum Gasteiger partial charge on any atom is -0.346 e. The first-order valence-corrected chi connectivity index (χ1v) is 7.77. The summed E-state index contributed by atoms with van der Waals surface area (Å²) in [4.78, 5) is 26.3. The van der Waals surface area contributed by atoms with Crippen LogP contribution in [0.3, 0.4) is 0 Å². The van der Waals surface area contributed by atoms with Crippen LogP contribution in [0.25, 0.3) is 0 Å². The average molecular weight is 307 g/mol. The van der Waals surface area contributed by atoms with E-state index >= 15 is 0 Å². The predicted octanol–water partition coefficient (Wildman–Crippen LogP) is 0.576. The summed E-state index contributed by atoms with van der Waals surface area (Å²) < 4.78 is 1.68. The second-order valence-electron chi connectivity index (χ2n) is 5.76. The molecule has 1 saturated heterocycles. The molecule has 1 fully saturated rings. The number of rotatable bonds is 4. The molecule has 1 atom stereocenters. The Kier molecular flexibility index (Phi) is 5.18. The van der Waals surface area contributed by atoms with E-state index in [4.69, 9.17) is 0 Å². The van der Waals surface area contributed by atoms with Crippen molar-refractivity contribution in [1.29, 1.82) is 0 Å². The summed E-state index contributed by atoms with van der Waals surface area (Å²) in [5.41, 5.74) is 2.14. The second-order valence-corrected chi connectivity index (χ2v) is 5.76. The van der Waals surface area contributed by atoms with Crippen LogP contribution in [0.4, 0.5) is 5.69 Å². The molecule has 0 bridgehead atoms. The maximum Gasteiger partial charge on any atom is 0.313 e. The van der Waals surface area contributed by atoms with Crippen molar-refractivity contribution in [2.24, 2.45) is 7.05 Å². The third kappa shape index (κ3) is 3.47. The van der Waals surface area contributed by atoms with Crippen molar-refractivity contribution in [3.63, 3.8) is 0 Å². The number of aryl methyl sites for hydroxylation is 2. The molecule has 2 heterocycles. The summed E-state index contributed by atoms with van der Waals surface area (Å²) in [5.74, 6) is -1.23. The molecule has 1 aromatic rings. The number of nitrogens with zero attached hydrogens (tertiary/aromatic N) is 3. The van der Waals surface area contributed by atoms with Crippen LogP contribution in [0, 0.1) is 13.8 Å². The van der Waals surface area contributed by atoms with Crippen molar-refractivity contribution in [1.82, 2.24) is 20.0 Å². The van der Waals surface area contributed by atoms with Gasteiger partial charge >= 0.3 is 11.8 Å². The lowest BCUT2D eigenvalue weighted by Gasteiger charge is -2.22. The maximum atomic E-state index is 12.0. The number of nitrogens with one attached hydrogen (secondary N) is 2. The predicted molar refractivity (Wildman–Crippen MR) is 84.6 cm³/mol. The van der Waals surface area contributed by atoms with E-state index in [1.54, 1.807) is 18.7 Å². The third-order valence-corrected chi connectivity index (χ3v) is 4.36. The van der Waals surface area contributed by atoms with Crippen LogP contribution < -0.4 is 10.6 Å². The monoisotopic (exact) mass is 307 g/mol. The number of hydrogen-bond donors (Lipinski definition) is 2. The summed E-state index contributed by atoms with van der Waals surface area (Å²) in [6.45, 7) is 8.33. The number of carbonyl (C=O) groups excluding carboxylic acids is 2. The minimum absolute atomic E-state index is 0.337.